The Morgan fingerprint density at radius 3 is 2.64 bits per heavy atom. The lowest BCUT2D eigenvalue weighted by atomic mass is 10.0. The number of anilines is 2. The average molecular weight is 546 g/mol. The van der Waals surface area contributed by atoms with Crippen LogP contribution in [0.15, 0.2) is 12.1 Å². The number of aromatic nitrogens is 2. The number of hydrogen-bond donors (Lipinski definition) is 6. The third-order valence-corrected chi connectivity index (χ3v) is 7.65. The molecule has 2 aromatic rings. The van der Waals surface area contributed by atoms with Crippen molar-refractivity contribution in [1.82, 2.24) is 15.3 Å². The van der Waals surface area contributed by atoms with Gasteiger partial charge in [0.2, 0.25) is 5.95 Å². The van der Waals surface area contributed by atoms with Crippen LogP contribution in [0.2, 0.25) is 5.15 Å². The number of halogens is 4. The molecule has 0 radical (unpaired) electrons. The Bertz CT molecular complexity index is 1120. The van der Waals surface area contributed by atoms with Gasteiger partial charge in [-0.3, -0.25) is 0 Å². The Morgan fingerprint density at radius 2 is 1.97 bits per heavy atom. The largest absolute Gasteiger partial charge is 0.405 e. The van der Waals surface area contributed by atoms with Crippen LogP contribution in [0.5, 0.6) is 0 Å². The van der Waals surface area contributed by atoms with Crippen LogP contribution < -0.4 is 16.0 Å². The molecular formula is C23H27ClF3N5O3S. The van der Waals surface area contributed by atoms with Gasteiger partial charge in [0, 0.05) is 23.4 Å². The second kappa shape index (κ2) is 11.5. The van der Waals surface area contributed by atoms with Gasteiger partial charge in [-0.25, -0.2) is 0 Å². The van der Waals surface area contributed by atoms with Crippen LogP contribution in [0.3, 0.4) is 0 Å². The lowest BCUT2D eigenvalue weighted by Crippen LogP contribution is -2.36. The van der Waals surface area contributed by atoms with E-state index in [1.807, 2.05) is 12.1 Å². The summed E-state index contributed by atoms with van der Waals surface area (Å²) in [6, 6.07) is 3.47. The Balaban J connectivity index is 1.61. The molecule has 4 rings (SSSR count). The van der Waals surface area contributed by atoms with E-state index < -0.39 is 36.9 Å². The summed E-state index contributed by atoms with van der Waals surface area (Å²) < 4.78 is 38.1. The topological polar surface area (TPSA) is 123 Å². The molecule has 1 unspecified atom stereocenters. The molecular weight excluding hydrogens is 519 g/mol. The molecule has 196 valence electrons. The molecule has 0 amide bonds. The van der Waals surface area contributed by atoms with E-state index in [1.54, 1.807) is 11.3 Å². The molecule has 3 heterocycles. The second-order valence-corrected chi connectivity index (χ2v) is 10.4. The summed E-state index contributed by atoms with van der Waals surface area (Å²) in [6.45, 7) is -0.722. The van der Waals surface area contributed by atoms with E-state index in [0.717, 1.165) is 30.7 Å². The summed E-state index contributed by atoms with van der Waals surface area (Å²) in [5, 5.41) is 38.3. The Morgan fingerprint density at radius 1 is 1.17 bits per heavy atom. The minimum atomic E-state index is -4.49. The van der Waals surface area contributed by atoms with E-state index in [9.17, 15) is 28.5 Å². The predicted molar refractivity (Wildman–Crippen MR) is 131 cm³/mol. The average Bonchev–Trinajstić information content (AvgIpc) is 3.42. The van der Waals surface area contributed by atoms with Gasteiger partial charge in [-0.2, -0.15) is 23.1 Å². The standard InChI is InChI=1S/C23H27ClF3N5O3S/c24-20-14(6-4-13-5-7-17(36-13)15-3-1-2-8-28-15)21(32-22(31-20)29-11-23(25,26)27)30-16-9-12(10-33)18(34)19(16)35/h5,7,12,15-16,18-19,28,33-35H,1-3,8-11H2,(H2,29,30,31,32)/t12-,15?,16-,18-,19+/m1/s1. The fraction of sp³-hybridized carbons (Fsp3) is 0.565. The highest BCUT2D eigenvalue weighted by Crippen LogP contribution is 2.32. The van der Waals surface area contributed by atoms with E-state index in [-0.39, 0.29) is 41.6 Å². The van der Waals surface area contributed by atoms with Crippen LogP contribution >= 0.6 is 22.9 Å². The predicted octanol–water partition coefficient (Wildman–Crippen LogP) is 2.89. The van der Waals surface area contributed by atoms with E-state index >= 15 is 0 Å². The minimum Gasteiger partial charge on any atom is -0.396 e. The van der Waals surface area contributed by atoms with Gasteiger partial charge in [0.15, 0.2) is 5.15 Å². The van der Waals surface area contributed by atoms with Crippen molar-refractivity contribution in [3.8, 4) is 11.8 Å². The number of thiophene rings is 1. The van der Waals surface area contributed by atoms with Crippen molar-refractivity contribution in [3.63, 3.8) is 0 Å². The summed E-state index contributed by atoms with van der Waals surface area (Å²) in [4.78, 5) is 9.97. The molecule has 1 saturated heterocycles. The molecule has 8 nitrogen and oxygen atoms in total. The minimum absolute atomic E-state index is 0.0211. The molecule has 0 aromatic carbocycles. The van der Waals surface area contributed by atoms with Gasteiger partial charge in [-0.1, -0.05) is 29.9 Å². The molecule has 2 fully saturated rings. The number of nitrogens with zero attached hydrogens (tertiary/aromatic N) is 2. The van der Waals surface area contributed by atoms with Crippen molar-refractivity contribution < 1.29 is 28.5 Å². The summed E-state index contributed by atoms with van der Waals surface area (Å²) >= 11 is 7.85. The van der Waals surface area contributed by atoms with Crippen LogP contribution in [0.1, 0.15) is 47.0 Å². The number of piperidine rings is 1. The SMILES string of the molecule is OC[C@H]1C[C@@H](Nc2nc(NCC(F)(F)F)nc(Cl)c2C#Cc2ccc(C3CCCCN3)s2)[C@H](O)[C@@H]1O. The highest BCUT2D eigenvalue weighted by atomic mass is 35.5. The zero-order chi connectivity index (χ0) is 25.9. The maximum atomic E-state index is 12.7. The smallest absolute Gasteiger partial charge is 0.396 e. The maximum Gasteiger partial charge on any atom is 0.405 e. The summed E-state index contributed by atoms with van der Waals surface area (Å²) in [6.07, 6.45) is -3.31. The molecule has 2 aromatic heterocycles. The third kappa shape index (κ3) is 6.59. The molecule has 5 atom stereocenters. The van der Waals surface area contributed by atoms with Crippen molar-refractivity contribution >= 4 is 34.7 Å². The molecule has 0 bridgehead atoms. The van der Waals surface area contributed by atoms with Gasteiger partial charge >= 0.3 is 6.18 Å². The van der Waals surface area contributed by atoms with E-state index in [2.05, 4.69) is 37.8 Å². The maximum absolute atomic E-state index is 12.7. The number of nitrogens with one attached hydrogen (secondary N) is 3. The summed E-state index contributed by atoms with van der Waals surface area (Å²) in [5.41, 5.74) is 0.147. The Kier molecular flexibility index (Phi) is 8.59. The summed E-state index contributed by atoms with van der Waals surface area (Å²) in [7, 11) is 0. The van der Waals surface area contributed by atoms with Crippen molar-refractivity contribution in [2.45, 2.75) is 56.2 Å². The summed E-state index contributed by atoms with van der Waals surface area (Å²) in [5.74, 6) is 5.04. The van der Waals surface area contributed by atoms with Gasteiger partial charge in [0.1, 0.15) is 24.0 Å². The van der Waals surface area contributed by atoms with Crippen LogP contribution in [-0.4, -0.2) is 69.4 Å². The molecule has 2 aliphatic rings. The first-order valence-corrected chi connectivity index (χ1v) is 12.8. The normalized spacial score (nSPS) is 26.4. The second-order valence-electron chi connectivity index (χ2n) is 8.90. The highest BCUT2D eigenvalue weighted by Gasteiger charge is 2.41. The molecule has 13 heteroatoms. The number of aliphatic hydroxyl groups excluding tert-OH is 3. The van der Waals surface area contributed by atoms with Gasteiger partial charge < -0.3 is 31.3 Å². The fourth-order valence-corrected chi connectivity index (χ4v) is 5.55. The Labute approximate surface area is 215 Å². The Hall–Kier alpha value is -2.14. The number of hydrogen-bond acceptors (Lipinski definition) is 9. The molecule has 6 N–H and O–H groups in total. The van der Waals surface area contributed by atoms with Crippen LogP contribution in [0, 0.1) is 17.8 Å². The zero-order valence-corrected chi connectivity index (χ0v) is 20.7. The van der Waals surface area contributed by atoms with Crippen LogP contribution in [0.25, 0.3) is 0 Å². The van der Waals surface area contributed by atoms with Crippen molar-refractivity contribution in [2.75, 3.05) is 30.3 Å². The third-order valence-electron chi connectivity index (χ3n) is 6.26. The van der Waals surface area contributed by atoms with Gasteiger partial charge in [0.25, 0.3) is 0 Å². The van der Waals surface area contributed by atoms with Gasteiger partial charge in [-0.15, -0.1) is 11.3 Å². The molecule has 1 saturated carbocycles. The lowest BCUT2D eigenvalue weighted by molar-refractivity contribution is -0.115. The van der Waals surface area contributed by atoms with Crippen molar-refractivity contribution in [3.05, 3.63) is 32.6 Å². The zero-order valence-electron chi connectivity index (χ0n) is 19.1. The monoisotopic (exact) mass is 545 g/mol. The molecule has 1 aliphatic heterocycles. The molecule has 36 heavy (non-hydrogen) atoms. The fourth-order valence-electron chi connectivity index (χ4n) is 4.36. The molecule has 0 spiro atoms. The van der Waals surface area contributed by atoms with E-state index in [0.29, 0.717) is 0 Å². The van der Waals surface area contributed by atoms with Gasteiger partial charge in [0.05, 0.1) is 17.0 Å². The van der Waals surface area contributed by atoms with Crippen molar-refractivity contribution in [2.24, 2.45) is 5.92 Å². The van der Waals surface area contributed by atoms with Crippen LogP contribution in [0.4, 0.5) is 24.9 Å². The first-order valence-electron chi connectivity index (χ1n) is 11.6. The van der Waals surface area contributed by atoms with Gasteiger partial charge in [-0.05, 0) is 37.9 Å². The van der Waals surface area contributed by atoms with Crippen molar-refractivity contribution in [1.29, 1.82) is 0 Å². The van der Waals surface area contributed by atoms with E-state index in [1.165, 1.54) is 4.88 Å². The lowest BCUT2D eigenvalue weighted by Gasteiger charge is -2.22. The number of alkyl halides is 3. The highest BCUT2D eigenvalue weighted by molar-refractivity contribution is 7.12. The number of rotatable bonds is 6. The first-order chi connectivity index (χ1) is 17.1. The quantitative estimate of drug-likeness (QED) is 0.242. The van der Waals surface area contributed by atoms with Crippen LogP contribution in [-0.2, 0) is 0 Å². The first kappa shape index (κ1) is 26.9. The molecule has 1 aliphatic carbocycles. The van der Waals surface area contributed by atoms with E-state index in [4.69, 9.17) is 11.6 Å². The number of aliphatic hydroxyl groups is 3.